The number of hydrogen-bond donors (Lipinski definition) is 1. The Hall–Kier alpha value is -8.25. The van der Waals surface area contributed by atoms with E-state index in [-0.39, 0.29) is 0 Å². The lowest BCUT2D eigenvalue weighted by molar-refractivity contribution is -0.370. The Kier molecular flexibility index (Phi) is 31.7. The molecule has 103 heavy (non-hydrogen) atoms. The van der Waals surface area contributed by atoms with Crippen molar-refractivity contribution in [2.75, 3.05) is 39.6 Å². The van der Waals surface area contributed by atoms with Gasteiger partial charge in [-0.05, 0) is 12.1 Å². The normalized spacial score (nSPS) is 30.4. The number of carbonyl (C=O) groups excluding carboxylic acids is 14. The topological polar surface area (TPSA) is 472 Å². The van der Waals surface area contributed by atoms with Crippen molar-refractivity contribution in [3.8, 4) is 0 Å². The van der Waals surface area contributed by atoms with Gasteiger partial charge in [-0.25, -0.2) is 0 Å². The van der Waals surface area contributed by atoms with Crippen molar-refractivity contribution in [1.29, 1.82) is 0 Å². The molecule has 5 saturated heterocycles. The minimum atomic E-state index is -2.20. The van der Waals surface area contributed by atoms with E-state index in [0.29, 0.717) is 4.90 Å². The molecule has 0 unspecified atom stereocenters. The van der Waals surface area contributed by atoms with Gasteiger partial charge in [-0.1, -0.05) is 18.2 Å². The number of carbonyl (C=O) groups is 14. The highest BCUT2D eigenvalue weighted by Gasteiger charge is 2.63. The summed E-state index contributed by atoms with van der Waals surface area (Å²) in [5, 5.41) is 10.5. The molecule has 24 atom stereocenters. The number of aliphatic hydroxyl groups excluding tert-OH is 1. The highest BCUT2D eigenvalue weighted by molar-refractivity contribution is 8.00. The van der Waals surface area contributed by atoms with Gasteiger partial charge in [0, 0.05) is 102 Å². The van der Waals surface area contributed by atoms with Crippen LogP contribution in [-0.2, 0) is 176 Å². The standard InChI is InChI=1S/C64H84O38S/c1-26(65)80-20-41(79)47(48(87-32(7)71)42(86-31(6)70)21-81-27(2)66)99-62-58(93-38(13)77)55(90-35(10)74)51(44(96-62)23-83-29(4)68)101-61-56(91-36(11)75)53-49(45(97-61)25-85-53)100-64-59(94-39(14)78)60(103-40-18-16-15-17-19-40)52(46(98-64)24-84-30(5)69)102-63-57(92-37(12)76)54(89-34(9)73)50(88-33(8)72)43(95-63)22-82-28(3)67/h15-19,41-64,79H,20-25H2,1-14H3/t41-,42+,43-,44-,45-,46-,47-,48-,49-,50-,51-,52-,53+,54+,55+,56-,57-,58-,59+,60-,61-,62-,63-,64-/m1/s1. The van der Waals surface area contributed by atoms with Crippen LogP contribution >= 0.6 is 11.8 Å². The van der Waals surface area contributed by atoms with E-state index in [2.05, 4.69) is 0 Å². The fourth-order valence-electron chi connectivity index (χ4n) is 11.5. The molecule has 0 aromatic heterocycles. The van der Waals surface area contributed by atoms with Crippen LogP contribution in [0.25, 0.3) is 0 Å². The largest absolute Gasteiger partial charge is 0.463 e. The molecule has 1 aromatic rings. The third kappa shape index (κ3) is 25.0. The number of hydrogen-bond acceptors (Lipinski definition) is 39. The summed E-state index contributed by atoms with van der Waals surface area (Å²) in [6.07, 6.45) is -41.5. The van der Waals surface area contributed by atoms with E-state index in [1.807, 2.05) is 0 Å². The molecule has 5 aliphatic heterocycles. The van der Waals surface area contributed by atoms with E-state index in [1.165, 1.54) is 0 Å². The van der Waals surface area contributed by atoms with E-state index in [0.717, 1.165) is 109 Å². The fraction of sp³-hybridized carbons (Fsp3) is 0.688. The molecule has 0 aliphatic carbocycles. The zero-order valence-corrected chi connectivity index (χ0v) is 59.3. The van der Waals surface area contributed by atoms with Crippen LogP contribution in [0.4, 0.5) is 0 Å². The average molecular weight is 1490 g/mol. The van der Waals surface area contributed by atoms with Gasteiger partial charge in [0.2, 0.25) is 0 Å². The van der Waals surface area contributed by atoms with Crippen molar-refractivity contribution in [2.24, 2.45) is 0 Å². The van der Waals surface area contributed by atoms with Crippen LogP contribution in [0.3, 0.4) is 0 Å². The lowest BCUT2D eigenvalue weighted by Crippen LogP contribution is -2.67. The van der Waals surface area contributed by atoms with Gasteiger partial charge in [-0.2, -0.15) is 0 Å². The number of benzene rings is 1. The van der Waals surface area contributed by atoms with Crippen molar-refractivity contribution >= 4 is 95.3 Å². The quantitative estimate of drug-likeness (QED) is 0.0705. The molecule has 5 heterocycles. The van der Waals surface area contributed by atoms with E-state index in [4.69, 9.17) is 109 Å². The van der Waals surface area contributed by atoms with E-state index >= 15 is 0 Å². The summed E-state index contributed by atoms with van der Waals surface area (Å²) in [7, 11) is 0. The number of fused-ring (bicyclic) bond motifs is 2. The molecule has 0 spiro atoms. The first-order chi connectivity index (χ1) is 48.5. The fourth-order valence-corrected chi connectivity index (χ4v) is 12.8. The first kappa shape index (κ1) is 83.7. The highest BCUT2D eigenvalue weighted by Crippen LogP contribution is 2.45. The number of esters is 14. The van der Waals surface area contributed by atoms with Crippen LogP contribution in [0.5, 0.6) is 0 Å². The second-order valence-corrected chi connectivity index (χ2v) is 24.8. The zero-order chi connectivity index (χ0) is 76.3. The molecule has 1 aromatic carbocycles. The van der Waals surface area contributed by atoms with Crippen molar-refractivity contribution in [2.45, 2.75) is 248 Å². The summed E-state index contributed by atoms with van der Waals surface area (Å²) in [4.78, 5) is 180. The second-order valence-electron chi connectivity index (χ2n) is 23.6. The number of ether oxygens (including phenoxy) is 23. The van der Waals surface area contributed by atoms with Gasteiger partial charge in [0.05, 0.1) is 11.9 Å². The summed E-state index contributed by atoms with van der Waals surface area (Å²) < 4.78 is 136. The lowest BCUT2D eigenvalue weighted by atomic mass is 9.96. The third-order valence-electron chi connectivity index (χ3n) is 15.1. The summed E-state index contributed by atoms with van der Waals surface area (Å²) in [6, 6.07) is 8.35. The molecule has 0 radical (unpaired) electrons. The molecule has 5 aliphatic rings. The van der Waals surface area contributed by atoms with Gasteiger partial charge in [0.15, 0.2) is 80.1 Å². The first-order valence-corrected chi connectivity index (χ1v) is 32.8. The van der Waals surface area contributed by atoms with Crippen LogP contribution in [0.15, 0.2) is 35.2 Å². The summed E-state index contributed by atoms with van der Waals surface area (Å²) in [5.74, 6) is -13.7. The first-order valence-electron chi connectivity index (χ1n) is 32.0. The smallest absolute Gasteiger partial charge is 0.303 e. The van der Waals surface area contributed by atoms with Crippen molar-refractivity contribution in [3.05, 3.63) is 30.3 Å². The molecule has 0 saturated carbocycles. The predicted octanol–water partition coefficient (Wildman–Crippen LogP) is -0.452. The van der Waals surface area contributed by atoms with Gasteiger partial charge >= 0.3 is 83.6 Å². The Bertz CT molecular complexity index is 3160. The molecule has 2 bridgehead atoms. The van der Waals surface area contributed by atoms with Crippen LogP contribution in [0, 0.1) is 0 Å². The lowest BCUT2D eigenvalue weighted by Gasteiger charge is -2.50. The van der Waals surface area contributed by atoms with E-state index < -0.39 is 270 Å². The van der Waals surface area contributed by atoms with E-state index in [1.54, 1.807) is 30.3 Å². The Morgan fingerprint density at radius 1 is 0.388 bits per heavy atom. The molecular formula is C64H84O38S. The van der Waals surface area contributed by atoms with Crippen molar-refractivity contribution in [1.82, 2.24) is 0 Å². The van der Waals surface area contributed by atoms with Crippen molar-refractivity contribution < 1.29 is 181 Å². The van der Waals surface area contributed by atoms with Crippen LogP contribution in [0.2, 0.25) is 0 Å². The maximum Gasteiger partial charge on any atom is 0.303 e. The van der Waals surface area contributed by atoms with Gasteiger partial charge in [-0.3, -0.25) is 67.1 Å². The third-order valence-corrected chi connectivity index (χ3v) is 16.4. The zero-order valence-electron chi connectivity index (χ0n) is 58.4. The molecule has 0 amide bonds. The minimum Gasteiger partial charge on any atom is -0.463 e. The predicted molar refractivity (Wildman–Crippen MR) is 329 cm³/mol. The summed E-state index contributed by atoms with van der Waals surface area (Å²) >= 11 is 0.997. The molecular weight excluding hydrogens is 1410 g/mol. The Balaban J connectivity index is 1.45. The Morgan fingerprint density at radius 2 is 0.777 bits per heavy atom. The SMILES string of the molecule is CC(=O)OC[C@@H](O)[C@@H](O[C@H]1O[C@H](COC(C)=O)[C@@H](O[C@H]2O[C@@H]3CO[C@H]([C@H]2OC(C)=O)[C@@H]3O[C@H]2O[C@H](COC(C)=O)[C@@H](O[C@H]3O[C@H](COC(C)=O)[C@@H](OC(C)=O)[C@H](OC(C)=O)[C@H]3OC(C)=O)[C@@H](Sc3ccccc3)[C@@H]2OC(C)=O)[C@H](OC(C)=O)[C@H]1OC(C)=O)[C@H](OC(C)=O)[C@H](COC(C)=O)OC(C)=O. The van der Waals surface area contributed by atoms with Gasteiger partial charge < -0.3 is 114 Å². The van der Waals surface area contributed by atoms with Crippen LogP contribution < -0.4 is 0 Å². The molecule has 6 rings (SSSR count). The molecule has 1 N–H and O–H groups in total. The van der Waals surface area contributed by atoms with Gasteiger partial charge in [0.1, 0.15) is 94.1 Å². The minimum absolute atomic E-state index is 0.421. The average Bonchev–Trinajstić information content (AvgIpc) is 1.75. The number of thioether (sulfide) groups is 1. The van der Waals surface area contributed by atoms with Crippen LogP contribution in [-0.4, -0.2) is 275 Å². The maximum atomic E-state index is 13.5. The Morgan fingerprint density at radius 3 is 1.27 bits per heavy atom. The monoisotopic (exact) mass is 1490 g/mol. The van der Waals surface area contributed by atoms with Gasteiger partial charge in [0.25, 0.3) is 0 Å². The van der Waals surface area contributed by atoms with Crippen LogP contribution in [0.1, 0.15) is 96.9 Å². The molecule has 5 fully saturated rings. The second kappa shape index (κ2) is 39.0. The number of rotatable bonds is 32. The summed E-state index contributed by atoms with van der Waals surface area (Å²) in [6.45, 7) is 9.33. The van der Waals surface area contributed by atoms with E-state index in [9.17, 15) is 72.2 Å². The maximum absolute atomic E-state index is 13.5. The van der Waals surface area contributed by atoms with Gasteiger partial charge in [-0.15, -0.1) is 11.8 Å². The molecule has 39 heteroatoms. The molecule has 38 nitrogen and oxygen atoms in total. The Labute approximate surface area is 592 Å². The molecule has 574 valence electrons. The summed E-state index contributed by atoms with van der Waals surface area (Å²) in [5.41, 5.74) is 0. The number of aliphatic hydroxyl groups is 1. The highest BCUT2D eigenvalue weighted by atomic mass is 32.2. The van der Waals surface area contributed by atoms with Crippen molar-refractivity contribution in [3.63, 3.8) is 0 Å².